The summed E-state index contributed by atoms with van der Waals surface area (Å²) in [7, 11) is 0. The fourth-order valence-electron chi connectivity index (χ4n) is 1.62. The fourth-order valence-corrected chi connectivity index (χ4v) is 2.08. The third-order valence-corrected chi connectivity index (χ3v) is 3.16. The summed E-state index contributed by atoms with van der Waals surface area (Å²) in [6.45, 7) is 2.33. The maximum absolute atomic E-state index is 13.6. The first-order chi connectivity index (χ1) is 8.56. The Morgan fingerprint density at radius 3 is 2.56 bits per heavy atom. The smallest absolute Gasteiger partial charge is 0.129 e. The van der Waals surface area contributed by atoms with Gasteiger partial charge in [-0.25, -0.2) is 4.39 Å². The predicted octanol–water partition coefficient (Wildman–Crippen LogP) is 5.05. The van der Waals surface area contributed by atoms with Crippen molar-refractivity contribution in [1.29, 1.82) is 0 Å². The van der Waals surface area contributed by atoms with E-state index in [2.05, 4.69) is 5.32 Å². The van der Waals surface area contributed by atoms with Crippen LogP contribution in [0.4, 0.5) is 10.1 Å². The van der Waals surface area contributed by atoms with E-state index in [0.717, 1.165) is 11.3 Å². The third-order valence-electron chi connectivity index (χ3n) is 2.61. The van der Waals surface area contributed by atoms with Crippen molar-refractivity contribution in [2.24, 2.45) is 0 Å². The molecule has 0 bridgehead atoms. The van der Waals surface area contributed by atoms with Gasteiger partial charge < -0.3 is 5.32 Å². The number of anilines is 1. The molecular weight excluding hydrogens is 272 g/mol. The van der Waals surface area contributed by atoms with E-state index >= 15 is 0 Å². The number of halogens is 3. The predicted molar refractivity (Wildman–Crippen MR) is 74.9 cm³/mol. The van der Waals surface area contributed by atoms with Crippen LogP contribution in [0.25, 0.3) is 0 Å². The number of hydrogen-bond acceptors (Lipinski definition) is 1. The van der Waals surface area contributed by atoms with E-state index in [9.17, 15) is 4.39 Å². The minimum atomic E-state index is -0.321. The van der Waals surface area contributed by atoms with E-state index in [0.29, 0.717) is 22.2 Å². The quantitative estimate of drug-likeness (QED) is 0.831. The van der Waals surface area contributed by atoms with E-state index in [1.165, 1.54) is 6.07 Å². The first kappa shape index (κ1) is 13.2. The van der Waals surface area contributed by atoms with Gasteiger partial charge in [0.2, 0.25) is 0 Å². The van der Waals surface area contributed by atoms with Gasteiger partial charge in [0, 0.05) is 17.1 Å². The van der Waals surface area contributed by atoms with Crippen LogP contribution >= 0.6 is 23.2 Å². The zero-order chi connectivity index (χ0) is 13.1. The summed E-state index contributed by atoms with van der Waals surface area (Å²) < 4.78 is 13.6. The van der Waals surface area contributed by atoms with Crippen molar-refractivity contribution in [2.45, 2.75) is 13.5 Å². The monoisotopic (exact) mass is 283 g/mol. The summed E-state index contributed by atoms with van der Waals surface area (Å²) in [6, 6.07) is 10.3. The molecule has 0 spiro atoms. The summed E-state index contributed by atoms with van der Waals surface area (Å²) >= 11 is 11.8. The van der Waals surface area contributed by atoms with Crippen molar-refractivity contribution in [1.82, 2.24) is 0 Å². The summed E-state index contributed by atoms with van der Waals surface area (Å²) in [5.74, 6) is -0.321. The second kappa shape index (κ2) is 5.59. The number of aryl methyl sites for hydroxylation is 1. The molecular formula is C14H12Cl2FN. The van der Waals surface area contributed by atoms with Crippen molar-refractivity contribution >= 4 is 28.9 Å². The van der Waals surface area contributed by atoms with Gasteiger partial charge in [0.25, 0.3) is 0 Å². The van der Waals surface area contributed by atoms with Gasteiger partial charge in [-0.1, -0.05) is 35.3 Å². The van der Waals surface area contributed by atoms with Crippen LogP contribution < -0.4 is 5.32 Å². The van der Waals surface area contributed by atoms with E-state index in [1.807, 2.05) is 25.1 Å². The Balaban J connectivity index is 2.11. The first-order valence-corrected chi connectivity index (χ1v) is 6.26. The van der Waals surface area contributed by atoms with Gasteiger partial charge in [0.05, 0.1) is 10.7 Å². The molecule has 4 heteroatoms. The molecule has 2 rings (SSSR count). The van der Waals surface area contributed by atoms with E-state index in [1.54, 1.807) is 12.1 Å². The van der Waals surface area contributed by atoms with Gasteiger partial charge in [-0.3, -0.25) is 0 Å². The van der Waals surface area contributed by atoms with Crippen molar-refractivity contribution in [2.75, 3.05) is 5.32 Å². The molecule has 18 heavy (non-hydrogen) atoms. The van der Waals surface area contributed by atoms with Crippen molar-refractivity contribution in [3.8, 4) is 0 Å². The van der Waals surface area contributed by atoms with Gasteiger partial charge in [0.1, 0.15) is 5.82 Å². The standard InChI is InChI=1S/C14H12Cl2FN/c1-9-2-5-14(12(16)6-9)18-8-10-3-4-11(15)7-13(10)17/h2-7,18H,8H2,1H3. The lowest BCUT2D eigenvalue weighted by Gasteiger charge is -2.10. The Hall–Kier alpha value is -1.25. The Morgan fingerprint density at radius 2 is 1.89 bits per heavy atom. The molecule has 0 heterocycles. The molecule has 0 radical (unpaired) electrons. The molecule has 0 fully saturated rings. The molecule has 0 aliphatic heterocycles. The maximum Gasteiger partial charge on any atom is 0.129 e. The van der Waals surface area contributed by atoms with Crippen molar-refractivity contribution in [3.05, 3.63) is 63.4 Å². The lowest BCUT2D eigenvalue weighted by Crippen LogP contribution is -2.02. The second-order valence-corrected chi connectivity index (χ2v) is 4.92. The maximum atomic E-state index is 13.6. The second-order valence-electron chi connectivity index (χ2n) is 4.07. The van der Waals surface area contributed by atoms with Crippen molar-refractivity contribution < 1.29 is 4.39 Å². The molecule has 2 aromatic carbocycles. The van der Waals surface area contributed by atoms with Gasteiger partial charge >= 0.3 is 0 Å². The average Bonchev–Trinajstić information content (AvgIpc) is 2.30. The summed E-state index contributed by atoms with van der Waals surface area (Å²) in [5.41, 5.74) is 2.43. The Bertz CT molecular complexity index is 518. The number of nitrogens with one attached hydrogen (secondary N) is 1. The minimum absolute atomic E-state index is 0.321. The van der Waals surface area contributed by atoms with Crippen LogP contribution in [-0.2, 0) is 6.54 Å². The average molecular weight is 284 g/mol. The van der Waals surface area contributed by atoms with Gasteiger partial charge in [-0.2, -0.15) is 0 Å². The largest absolute Gasteiger partial charge is 0.380 e. The highest BCUT2D eigenvalue weighted by molar-refractivity contribution is 6.33. The third kappa shape index (κ3) is 3.15. The van der Waals surface area contributed by atoms with E-state index in [4.69, 9.17) is 23.2 Å². The fraction of sp³-hybridized carbons (Fsp3) is 0.143. The first-order valence-electron chi connectivity index (χ1n) is 5.50. The molecule has 0 saturated carbocycles. The van der Waals surface area contributed by atoms with E-state index in [-0.39, 0.29) is 5.82 Å². The molecule has 0 atom stereocenters. The highest BCUT2D eigenvalue weighted by Crippen LogP contribution is 2.24. The van der Waals surface area contributed by atoms with Crippen LogP contribution in [0, 0.1) is 12.7 Å². The number of rotatable bonds is 3. The van der Waals surface area contributed by atoms with Crippen LogP contribution in [-0.4, -0.2) is 0 Å². The molecule has 0 aliphatic rings. The molecule has 0 saturated heterocycles. The molecule has 0 amide bonds. The van der Waals surface area contributed by atoms with E-state index < -0.39 is 0 Å². The topological polar surface area (TPSA) is 12.0 Å². The molecule has 0 aliphatic carbocycles. The molecule has 94 valence electrons. The van der Waals surface area contributed by atoms with Gasteiger partial charge in [-0.15, -0.1) is 0 Å². The van der Waals surface area contributed by atoms with Crippen molar-refractivity contribution in [3.63, 3.8) is 0 Å². The Labute approximate surface area is 116 Å². The molecule has 0 unspecified atom stereocenters. The Kier molecular flexibility index (Phi) is 4.10. The lowest BCUT2D eigenvalue weighted by molar-refractivity contribution is 0.613. The van der Waals surface area contributed by atoms with Crippen LogP contribution in [0.15, 0.2) is 36.4 Å². The molecule has 2 aromatic rings. The normalized spacial score (nSPS) is 10.4. The van der Waals surface area contributed by atoms with Crippen LogP contribution in [0.2, 0.25) is 10.0 Å². The molecule has 1 nitrogen and oxygen atoms in total. The SMILES string of the molecule is Cc1ccc(NCc2ccc(Cl)cc2F)c(Cl)c1. The van der Waals surface area contributed by atoms with Gasteiger partial charge in [0.15, 0.2) is 0 Å². The zero-order valence-corrected chi connectivity index (χ0v) is 11.3. The van der Waals surface area contributed by atoms with Crippen LogP contribution in [0.5, 0.6) is 0 Å². The summed E-state index contributed by atoms with van der Waals surface area (Å²) in [6.07, 6.45) is 0. The highest BCUT2D eigenvalue weighted by atomic mass is 35.5. The Morgan fingerprint density at radius 1 is 1.11 bits per heavy atom. The summed E-state index contributed by atoms with van der Waals surface area (Å²) in [5, 5.41) is 4.12. The van der Waals surface area contributed by atoms with Crippen LogP contribution in [0.1, 0.15) is 11.1 Å². The number of hydrogen-bond donors (Lipinski definition) is 1. The summed E-state index contributed by atoms with van der Waals surface area (Å²) in [4.78, 5) is 0. The minimum Gasteiger partial charge on any atom is -0.380 e. The lowest BCUT2D eigenvalue weighted by atomic mass is 10.2. The molecule has 1 N–H and O–H groups in total. The highest BCUT2D eigenvalue weighted by Gasteiger charge is 2.04. The molecule has 0 aromatic heterocycles. The van der Waals surface area contributed by atoms with Crippen LogP contribution in [0.3, 0.4) is 0 Å². The zero-order valence-electron chi connectivity index (χ0n) is 9.81. The number of benzene rings is 2. The van der Waals surface area contributed by atoms with Gasteiger partial charge in [-0.05, 0) is 36.8 Å².